The maximum Gasteiger partial charge on any atom is 0.254 e. The summed E-state index contributed by atoms with van der Waals surface area (Å²) in [7, 11) is 0. The predicted molar refractivity (Wildman–Crippen MR) is 143 cm³/mol. The Balaban J connectivity index is 1.17. The minimum atomic E-state index is -0.540. The van der Waals surface area contributed by atoms with Crippen LogP contribution in [0.1, 0.15) is 53.6 Å². The molecule has 6 rings (SSSR count). The zero-order chi connectivity index (χ0) is 25.4. The van der Waals surface area contributed by atoms with Gasteiger partial charge in [0.1, 0.15) is 6.04 Å². The Bertz CT molecular complexity index is 1350. The van der Waals surface area contributed by atoms with E-state index in [1.165, 1.54) is 11.1 Å². The molecule has 6 heteroatoms. The van der Waals surface area contributed by atoms with Crippen LogP contribution in [-0.2, 0) is 22.6 Å². The molecule has 3 aromatic carbocycles. The summed E-state index contributed by atoms with van der Waals surface area (Å²) in [5.74, 6) is -0.0394. The van der Waals surface area contributed by atoms with Gasteiger partial charge in [0.15, 0.2) is 0 Å². The second kappa shape index (κ2) is 10.0. The summed E-state index contributed by atoms with van der Waals surface area (Å²) >= 11 is 0. The SMILES string of the molecule is O=C(NCC(=O)N1CCc2ccccc2C1)[C@@H]1C[C@@H]2CCCC[C@@H]2N1C(=O)c1ccc2ccccc2c1. The number of hydrogen-bond donors (Lipinski definition) is 1. The number of nitrogens with zero attached hydrogens (tertiary/aromatic N) is 2. The molecule has 1 saturated carbocycles. The summed E-state index contributed by atoms with van der Waals surface area (Å²) < 4.78 is 0. The van der Waals surface area contributed by atoms with Gasteiger partial charge in [0.25, 0.3) is 5.91 Å². The van der Waals surface area contributed by atoms with Crippen LogP contribution in [-0.4, -0.2) is 52.7 Å². The molecule has 3 aromatic rings. The molecule has 0 aromatic heterocycles. The highest BCUT2D eigenvalue weighted by Gasteiger charge is 2.47. The number of carbonyl (C=O) groups is 3. The number of likely N-dealkylation sites (tertiary alicyclic amines) is 1. The van der Waals surface area contributed by atoms with Gasteiger partial charge in [-0.2, -0.15) is 0 Å². The van der Waals surface area contributed by atoms with Crippen molar-refractivity contribution in [1.82, 2.24) is 15.1 Å². The topological polar surface area (TPSA) is 69.7 Å². The van der Waals surface area contributed by atoms with Crippen molar-refractivity contribution in [2.24, 2.45) is 5.92 Å². The lowest BCUT2D eigenvalue weighted by Crippen LogP contribution is -2.51. The highest BCUT2D eigenvalue weighted by molar-refractivity contribution is 6.01. The molecule has 3 aliphatic rings. The number of rotatable bonds is 4. The van der Waals surface area contributed by atoms with Crippen LogP contribution in [0, 0.1) is 5.92 Å². The van der Waals surface area contributed by atoms with E-state index in [0.29, 0.717) is 31.0 Å². The van der Waals surface area contributed by atoms with Gasteiger partial charge in [0.05, 0.1) is 6.54 Å². The molecule has 1 aliphatic carbocycles. The summed E-state index contributed by atoms with van der Waals surface area (Å²) in [6.07, 6.45) is 5.69. The summed E-state index contributed by atoms with van der Waals surface area (Å²) in [6, 6.07) is 21.5. The van der Waals surface area contributed by atoms with E-state index in [1.807, 2.05) is 64.4 Å². The number of carbonyl (C=O) groups excluding carboxylic acids is 3. The van der Waals surface area contributed by atoms with Gasteiger partial charge in [-0.1, -0.05) is 67.4 Å². The monoisotopic (exact) mass is 495 g/mol. The molecule has 0 radical (unpaired) electrons. The van der Waals surface area contributed by atoms with Crippen LogP contribution < -0.4 is 5.32 Å². The average Bonchev–Trinajstić information content (AvgIpc) is 3.34. The fraction of sp³-hybridized carbons (Fsp3) is 0.387. The molecule has 3 amide bonds. The van der Waals surface area contributed by atoms with Crippen LogP contribution in [0.5, 0.6) is 0 Å². The molecule has 2 fully saturated rings. The molecule has 0 spiro atoms. The van der Waals surface area contributed by atoms with E-state index >= 15 is 0 Å². The lowest BCUT2D eigenvalue weighted by molar-refractivity contribution is -0.134. The first-order valence-corrected chi connectivity index (χ1v) is 13.5. The maximum atomic E-state index is 13.8. The number of benzene rings is 3. The van der Waals surface area contributed by atoms with Gasteiger partial charge in [-0.15, -0.1) is 0 Å². The molecule has 1 saturated heterocycles. The van der Waals surface area contributed by atoms with E-state index < -0.39 is 6.04 Å². The van der Waals surface area contributed by atoms with Gasteiger partial charge in [0.2, 0.25) is 11.8 Å². The van der Waals surface area contributed by atoms with E-state index in [1.54, 1.807) is 0 Å². The highest BCUT2D eigenvalue weighted by atomic mass is 16.2. The molecule has 2 heterocycles. The van der Waals surface area contributed by atoms with Crippen molar-refractivity contribution in [1.29, 1.82) is 0 Å². The minimum absolute atomic E-state index is 0.0369. The molecule has 0 bridgehead atoms. The van der Waals surface area contributed by atoms with Gasteiger partial charge < -0.3 is 15.1 Å². The van der Waals surface area contributed by atoms with Crippen molar-refractivity contribution in [3.63, 3.8) is 0 Å². The molecule has 2 aliphatic heterocycles. The third-order valence-electron chi connectivity index (χ3n) is 8.52. The summed E-state index contributed by atoms with van der Waals surface area (Å²) in [5, 5.41) is 5.00. The van der Waals surface area contributed by atoms with Crippen molar-refractivity contribution in [2.75, 3.05) is 13.1 Å². The summed E-state index contributed by atoms with van der Waals surface area (Å²) in [4.78, 5) is 43.9. The Kier molecular flexibility index (Phi) is 6.41. The second-order valence-corrected chi connectivity index (χ2v) is 10.7. The number of fused-ring (bicyclic) bond motifs is 3. The van der Waals surface area contributed by atoms with Crippen LogP contribution in [0.3, 0.4) is 0 Å². The molecule has 0 unspecified atom stereocenters. The number of nitrogens with one attached hydrogen (secondary N) is 1. The Morgan fingerprint density at radius 1 is 0.865 bits per heavy atom. The van der Waals surface area contributed by atoms with Crippen LogP contribution in [0.2, 0.25) is 0 Å². The van der Waals surface area contributed by atoms with E-state index in [9.17, 15) is 14.4 Å². The first kappa shape index (κ1) is 23.7. The van der Waals surface area contributed by atoms with E-state index in [0.717, 1.165) is 42.9 Å². The molecule has 190 valence electrons. The molecule has 6 nitrogen and oxygen atoms in total. The first-order valence-electron chi connectivity index (χ1n) is 13.5. The molecular weight excluding hydrogens is 462 g/mol. The largest absolute Gasteiger partial charge is 0.345 e. The van der Waals surface area contributed by atoms with Crippen LogP contribution >= 0.6 is 0 Å². The van der Waals surface area contributed by atoms with Gasteiger partial charge in [-0.3, -0.25) is 14.4 Å². The Labute approximate surface area is 217 Å². The molecule has 37 heavy (non-hydrogen) atoms. The van der Waals surface area contributed by atoms with Crippen molar-refractivity contribution in [3.8, 4) is 0 Å². The van der Waals surface area contributed by atoms with Crippen LogP contribution in [0.4, 0.5) is 0 Å². The zero-order valence-corrected chi connectivity index (χ0v) is 21.1. The Morgan fingerprint density at radius 2 is 1.62 bits per heavy atom. The van der Waals surface area contributed by atoms with E-state index in [2.05, 4.69) is 17.4 Å². The second-order valence-electron chi connectivity index (χ2n) is 10.7. The lowest BCUT2D eigenvalue weighted by atomic mass is 9.84. The number of amides is 3. The maximum absolute atomic E-state index is 13.8. The van der Waals surface area contributed by atoms with E-state index in [-0.39, 0.29) is 30.3 Å². The molecular formula is C31H33N3O3. The average molecular weight is 496 g/mol. The lowest BCUT2D eigenvalue weighted by Gasteiger charge is -2.34. The van der Waals surface area contributed by atoms with Gasteiger partial charge >= 0.3 is 0 Å². The van der Waals surface area contributed by atoms with Crippen LogP contribution in [0.25, 0.3) is 10.8 Å². The summed E-state index contributed by atoms with van der Waals surface area (Å²) in [6.45, 7) is 1.20. The molecule has 1 N–H and O–H groups in total. The predicted octanol–water partition coefficient (Wildman–Crippen LogP) is 4.31. The quantitative estimate of drug-likeness (QED) is 0.586. The van der Waals surface area contributed by atoms with Crippen LogP contribution in [0.15, 0.2) is 66.7 Å². The fourth-order valence-electron chi connectivity index (χ4n) is 6.56. The normalized spacial score (nSPS) is 22.9. The van der Waals surface area contributed by atoms with Gasteiger partial charge in [-0.25, -0.2) is 0 Å². The minimum Gasteiger partial charge on any atom is -0.345 e. The van der Waals surface area contributed by atoms with Crippen molar-refractivity contribution >= 4 is 28.5 Å². The third-order valence-corrected chi connectivity index (χ3v) is 8.52. The fourth-order valence-corrected chi connectivity index (χ4v) is 6.56. The third kappa shape index (κ3) is 4.61. The zero-order valence-electron chi connectivity index (χ0n) is 21.1. The van der Waals surface area contributed by atoms with Crippen molar-refractivity contribution < 1.29 is 14.4 Å². The van der Waals surface area contributed by atoms with Crippen molar-refractivity contribution in [2.45, 2.75) is 57.2 Å². The van der Waals surface area contributed by atoms with Gasteiger partial charge in [0, 0.05) is 24.7 Å². The van der Waals surface area contributed by atoms with E-state index in [4.69, 9.17) is 0 Å². The van der Waals surface area contributed by atoms with Crippen molar-refractivity contribution in [3.05, 3.63) is 83.4 Å². The first-order chi connectivity index (χ1) is 18.1. The highest BCUT2D eigenvalue weighted by Crippen LogP contribution is 2.40. The smallest absolute Gasteiger partial charge is 0.254 e. The number of hydrogen-bond acceptors (Lipinski definition) is 3. The molecule has 3 atom stereocenters. The van der Waals surface area contributed by atoms with Gasteiger partial charge in [-0.05, 0) is 65.6 Å². The summed E-state index contributed by atoms with van der Waals surface area (Å²) in [5.41, 5.74) is 3.07. The standard InChI is InChI=1S/C31H33N3O3/c35-29(33-16-15-22-8-2-4-11-26(22)20-33)19-32-30(36)28-18-24-10-5-6-12-27(24)34(28)31(37)25-14-13-21-7-1-3-9-23(21)17-25/h1-4,7-9,11,13-14,17,24,27-28H,5-6,10,12,15-16,18-20H2,(H,32,36)/t24-,27-,28-/m0/s1. The Hall–Kier alpha value is -3.67. The Morgan fingerprint density at radius 3 is 2.49 bits per heavy atom.